The highest BCUT2D eigenvalue weighted by molar-refractivity contribution is 5.62. The van der Waals surface area contributed by atoms with Crippen molar-refractivity contribution >= 4 is 5.95 Å². The van der Waals surface area contributed by atoms with Gasteiger partial charge in [0.15, 0.2) is 0 Å². The largest absolute Gasteiger partial charge is 0.383 e. The highest BCUT2D eigenvalue weighted by Crippen LogP contribution is 2.45. The van der Waals surface area contributed by atoms with Gasteiger partial charge in [0.05, 0.1) is 11.8 Å². The molecule has 0 spiro atoms. The summed E-state index contributed by atoms with van der Waals surface area (Å²) in [5.41, 5.74) is 9.30. The van der Waals surface area contributed by atoms with Crippen molar-refractivity contribution in [3.63, 3.8) is 0 Å². The first-order valence-corrected chi connectivity index (χ1v) is 9.20. The van der Waals surface area contributed by atoms with E-state index in [1.165, 1.54) is 18.4 Å². The molecule has 3 N–H and O–H groups in total. The molecule has 1 aromatic carbocycles. The van der Waals surface area contributed by atoms with Gasteiger partial charge in [0, 0.05) is 47.7 Å². The summed E-state index contributed by atoms with van der Waals surface area (Å²) in [7, 11) is 0. The van der Waals surface area contributed by atoms with E-state index in [-0.39, 0.29) is 11.5 Å². The van der Waals surface area contributed by atoms with Crippen LogP contribution in [0.2, 0.25) is 0 Å². The van der Waals surface area contributed by atoms with Gasteiger partial charge in [0.25, 0.3) is 5.89 Å². The quantitative estimate of drug-likeness (QED) is 0.520. The Hall–Kier alpha value is -3.55. The van der Waals surface area contributed by atoms with Crippen LogP contribution < -0.4 is 10.4 Å². The van der Waals surface area contributed by atoms with Crippen LogP contribution in [0.1, 0.15) is 25.3 Å². The van der Waals surface area contributed by atoms with Gasteiger partial charge in [-0.15, -0.1) is 0 Å². The second-order valence-corrected chi connectivity index (χ2v) is 7.29. The van der Waals surface area contributed by atoms with E-state index in [4.69, 9.17) is 15.2 Å². The van der Waals surface area contributed by atoms with Gasteiger partial charge < -0.3 is 10.2 Å². The number of nitrogens with two attached hydrogens (primary N) is 1. The summed E-state index contributed by atoms with van der Waals surface area (Å²) >= 11 is 0. The van der Waals surface area contributed by atoms with E-state index in [0.29, 0.717) is 11.8 Å². The maximum absolute atomic E-state index is 5.72. The predicted octanol–water partition coefficient (Wildman–Crippen LogP) is 2.56. The third-order valence-corrected chi connectivity index (χ3v) is 5.53. The Balaban J connectivity index is 1.50. The normalized spacial score (nSPS) is 16.0. The van der Waals surface area contributed by atoms with Gasteiger partial charge in [-0.3, -0.25) is 5.10 Å². The van der Waals surface area contributed by atoms with Gasteiger partial charge in [0.1, 0.15) is 0 Å². The van der Waals surface area contributed by atoms with E-state index in [1.54, 1.807) is 31.2 Å². The molecular formula is C20H20N7O+. The minimum atomic E-state index is -0.276. The second kappa shape index (κ2) is 6.26. The Labute approximate surface area is 161 Å². The SMILES string of the molecule is C[C@](c1ccc(-c2cnc(N)nc2)cc1)(C1CC1)[n+]1coc(-c2cn[nH]c2)n1. The van der Waals surface area contributed by atoms with Crippen molar-refractivity contribution in [1.29, 1.82) is 0 Å². The number of anilines is 1. The summed E-state index contributed by atoms with van der Waals surface area (Å²) in [4.78, 5) is 8.14. The number of benzene rings is 1. The number of nitrogen functional groups attached to an aromatic ring is 1. The van der Waals surface area contributed by atoms with Crippen LogP contribution in [0.4, 0.5) is 5.95 Å². The van der Waals surface area contributed by atoms with Crippen LogP contribution in [-0.4, -0.2) is 25.3 Å². The number of nitrogens with zero attached hydrogens (tertiary/aromatic N) is 5. The molecule has 8 heteroatoms. The molecule has 3 aromatic heterocycles. The Morgan fingerprint density at radius 2 is 1.82 bits per heavy atom. The molecular weight excluding hydrogens is 354 g/mol. The van der Waals surface area contributed by atoms with Crippen molar-refractivity contribution in [1.82, 2.24) is 25.3 Å². The lowest BCUT2D eigenvalue weighted by Crippen LogP contribution is -2.57. The number of rotatable bonds is 5. The molecule has 1 aliphatic carbocycles. The summed E-state index contributed by atoms with van der Waals surface area (Å²) in [6, 6.07) is 8.46. The summed E-state index contributed by atoms with van der Waals surface area (Å²) in [5.74, 6) is 1.35. The third kappa shape index (κ3) is 2.74. The summed E-state index contributed by atoms with van der Waals surface area (Å²) < 4.78 is 7.66. The van der Waals surface area contributed by atoms with Gasteiger partial charge in [-0.25, -0.2) is 9.97 Å². The van der Waals surface area contributed by atoms with Crippen LogP contribution in [0.3, 0.4) is 0 Å². The molecule has 1 fully saturated rings. The van der Waals surface area contributed by atoms with Crippen molar-refractivity contribution in [3.05, 3.63) is 61.0 Å². The predicted molar refractivity (Wildman–Crippen MR) is 102 cm³/mol. The van der Waals surface area contributed by atoms with Crippen LogP contribution in [-0.2, 0) is 5.54 Å². The van der Waals surface area contributed by atoms with Crippen molar-refractivity contribution < 1.29 is 9.10 Å². The van der Waals surface area contributed by atoms with E-state index in [2.05, 4.69) is 51.4 Å². The van der Waals surface area contributed by atoms with Gasteiger partial charge in [-0.1, -0.05) is 24.3 Å². The number of aromatic nitrogens is 6. The van der Waals surface area contributed by atoms with Crippen LogP contribution in [0.25, 0.3) is 22.6 Å². The zero-order valence-corrected chi connectivity index (χ0v) is 15.4. The van der Waals surface area contributed by atoms with Gasteiger partial charge in [-0.05, 0) is 23.1 Å². The average Bonchev–Trinajstić information content (AvgIpc) is 3.23. The maximum Gasteiger partial charge on any atom is 0.362 e. The summed E-state index contributed by atoms with van der Waals surface area (Å²) in [6.07, 6.45) is 11.0. The maximum atomic E-state index is 5.72. The van der Waals surface area contributed by atoms with Crippen molar-refractivity contribution in [2.45, 2.75) is 25.3 Å². The summed E-state index contributed by atoms with van der Waals surface area (Å²) in [6.45, 7) is 2.22. The van der Waals surface area contributed by atoms with Crippen molar-refractivity contribution in [2.24, 2.45) is 5.92 Å². The van der Waals surface area contributed by atoms with Crippen LogP contribution in [0, 0.1) is 5.92 Å². The molecule has 140 valence electrons. The van der Waals surface area contributed by atoms with Crippen LogP contribution in [0.5, 0.6) is 0 Å². The number of H-pyrrole nitrogens is 1. The number of hydrogen-bond acceptors (Lipinski definition) is 6. The van der Waals surface area contributed by atoms with E-state index in [0.717, 1.165) is 16.7 Å². The highest BCUT2D eigenvalue weighted by Gasteiger charge is 2.53. The molecule has 0 radical (unpaired) electrons. The first kappa shape index (κ1) is 16.6. The van der Waals surface area contributed by atoms with E-state index in [9.17, 15) is 0 Å². The molecule has 1 aliphatic rings. The minimum absolute atomic E-state index is 0.275. The van der Waals surface area contributed by atoms with Gasteiger partial charge >= 0.3 is 6.39 Å². The molecule has 3 heterocycles. The monoisotopic (exact) mass is 374 g/mol. The Morgan fingerprint density at radius 3 is 2.46 bits per heavy atom. The zero-order valence-electron chi connectivity index (χ0n) is 15.4. The average molecular weight is 374 g/mol. The third-order valence-electron chi connectivity index (χ3n) is 5.53. The Kier molecular flexibility index (Phi) is 3.71. The van der Waals surface area contributed by atoms with Crippen molar-refractivity contribution in [2.75, 3.05) is 5.73 Å². The van der Waals surface area contributed by atoms with Crippen LogP contribution >= 0.6 is 0 Å². The number of hydrogen-bond donors (Lipinski definition) is 2. The lowest BCUT2D eigenvalue weighted by Gasteiger charge is -2.21. The van der Waals surface area contributed by atoms with E-state index in [1.807, 2.05) is 4.68 Å². The highest BCUT2D eigenvalue weighted by atomic mass is 16.4. The second-order valence-electron chi connectivity index (χ2n) is 7.29. The Morgan fingerprint density at radius 1 is 1.07 bits per heavy atom. The minimum Gasteiger partial charge on any atom is -0.383 e. The standard InChI is InChI=1S/C20H20N7O/c1-20(17-6-7-17,27-12-28-18(26-27)15-10-24-25-11-15)16-4-2-13(3-5-16)14-8-22-19(21)23-9-14/h2-5,8-12,17H,6-7H2,1H3,(H,24,25)(H2,21,22,23)/q+1/t20-/m0/s1. The van der Waals surface area contributed by atoms with Gasteiger partial charge in [0.2, 0.25) is 11.5 Å². The van der Waals surface area contributed by atoms with E-state index < -0.39 is 0 Å². The summed E-state index contributed by atoms with van der Waals surface area (Å²) in [5, 5.41) is 11.5. The zero-order chi connectivity index (χ0) is 19.1. The lowest BCUT2D eigenvalue weighted by molar-refractivity contribution is -0.806. The molecule has 1 saturated carbocycles. The lowest BCUT2D eigenvalue weighted by atomic mass is 9.86. The van der Waals surface area contributed by atoms with E-state index >= 15 is 0 Å². The molecule has 28 heavy (non-hydrogen) atoms. The van der Waals surface area contributed by atoms with Crippen LogP contribution in [0.15, 0.2) is 59.9 Å². The molecule has 5 rings (SSSR count). The van der Waals surface area contributed by atoms with Gasteiger partial charge in [-0.2, -0.15) is 5.10 Å². The molecule has 0 bridgehead atoms. The first-order chi connectivity index (χ1) is 13.6. The fraction of sp³-hybridized carbons (Fsp3) is 0.250. The van der Waals surface area contributed by atoms with Crippen molar-refractivity contribution in [3.8, 4) is 22.6 Å². The molecule has 8 nitrogen and oxygen atoms in total. The molecule has 0 unspecified atom stereocenters. The molecule has 0 saturated heterocycles. The fourth-order valence-electron chi connectivity index (χ4n) is 3.64. The Bertz CT molecular complexity index is 1080. The smallest absolute Gasteiger partial charge is 0.362 e. The number of nitrogens with one attached hydrogen (secondary N) is 1. The fourth-order valence-corrected chi connectivity index (χ4v) is 3.64. The molecule has 4 aromatic rings. The molecule has 0 aliphatic heterocycles. The first-order valence-electron chi connectivity index (χ1n) is 9.20. The molecule has 1 atom stereocenters. The topological polar surface area (TPSA) is 110 Å². The molecule has 0 amide bonds. The number of aromatic amines is 1.